The molecular formula is C16H16Cl2O3. The second-order valence-corrected chi connectivity index (χ2v) is 5.07. The Hall–Kier alpha value is -1.58. The molecule has 21 heavy (non-hydrogen) atoms. The highest BCUT2D eigenvalue weighted by Gasteiger charge is 2.07. The average Bonchev–Trinajstić information content (AvgIpc) is 2.53. The monoisotopic (exact) mass is 326 g/mol. The molecule has 3 nitrogen and oxygen atoms in total. The lowest BCUT2D eigenvalue weighted by Crippen LogP contribution is -1.99. The summed E-state index contributed by atoms with van der Waals surface area (Å²) in [5, 5.41) is 0.643. The van der Waals surface area contributed by atoms with Gasteiger partial charge in [0.25, 0.3) is 0 Å². The van der Waals surface area contributed by atoms with Crippen molar-refractivity contribution in [2.24, 2.45) is 0 Å². The Balaban J connectivity index is 2.13. The Labute approximate surface area is 134 Å². The van der Waals surface area contributed by atoms with Crippen LogP contribution in [0.5, 0.6) is 17.2 Å². The van der Waals surface area contributed by atoms with Crippen LogP contribution in [-0.4, -0.2) is 14.2 Å². The lowest BCUT2D eigenvalue weighted by atomic mass is 10.2. The molecule has 0 saturated carbocycles. The van der Waals surface area contributed by atoms with E-state index in [9.17, 15) is 0 Å². The van der Waals surface area contributed by atoms with Crippen molar-refractivity contribution in [3.8, 4) is 17.2 Å². The fourth-order valence-electron chi connectivity index (χ4n) is 1.92. The van der Waals surface area contributed by atoms with Gasteiger partial charge in [-0.2, -0.15) is 0 Å². The zero-order chi connectivity index (χ0) is 15.2. The van der Waals surface area contributed by atoms with Gasteiger partial charge in [-0.25, -0.2) is 0 Å². The first-order valence-corrected chi connectivity index (χ1v) is 7.27. The number of alkyl halides is 1. The Morgan fingerprint density at radius 2 is 1.62 bits per heavy atom. The molecule has 0 spiro atoms. The largest absolute Gasteiger partial charge is 0.493 e. The van der Waals surface area contributed by atoms with Crippen LogP contribution in [0, 0.1) is 0 Å². The normalized spacial score (nSPS) is 10.3. The third kappa shape index (κ3) is 3.96. The molecule has 0 bridgehead atoms. The quantitative estimate of drug-likeness (QED) is 0.721. The van der Waals surface area contributed by atoms with E-state index in [2.05, 4.69) is 0 Å². The van der Waals surface area contributed by atoms with E-state index in [1.165, 1.54) is 0 Å². The van der Waals surface area contributed by atoms with E-state index in [0.717, 1.165) is 16.9 Å². The van der Waals surface area contributed by atoms with Gasteiger partial charge in [0.2, 0.25) is 0 Å². The summed E-state index contributed by atoms with van der Waals surface area (Å²) in [6.45, 7) is 0.409. The van der Waals surface area contributed by atoms with Crippen molar-refractivity contribution >= 4 is 23.2 Å². The summed E-state index contributed by atoms with van der Waals surface area (Å²) in [5.41, 5.74) is 1.84. The molecule has 0 unspecified atom stereocenters. The maximum Gasteiger partial charge on any atom is 0.161 e. The molecule has 0 aliphatic rings. The van der Waals surface area contributed by atoms with Crippen molar-refractivity contribution in [2.45, 2.75) is 12.5 Å². The number of rotatable bonds is 6. The Bertz CT molecular complexity index is 614. The molecule has 0 saturated heterocycles. The molecule has 0 radical (unpaired) electrons. The summed E-state index contributed by atoms with van der Waals surface area (Å²) in [6.07, 6.45) is 0. The molecule has 0 fully saturated rings. The van der Waals surface area contributed by atoms with Crippen LogP contribution >= 0.6 is 23.2 Å². The predicted molar refractivity (Wildman–Crippen MR) is 84.9 cm³/mol. The molecule has 112 valence electrons. The van der Waals surface area contributed by atoms with Crippen LogP contribution in [0.15, 0.2) is 36.4 Å². The minimum atomic E-state index is 0.349. The zero-order valence-corrected chi connectivity index (χ0v) is 13.4. The fraction of sp³-hybridized carbons (Fsp3) is 0.250. The van der Waals surface area contributed by atoms with Crippen LogP contribution in [0.25, 0.3) is 0 Å². The van der Waals surface area contributed by atoms with E-state index in [-0.39, 0.29) is 0 Å². The van der Waals surface area contributed by atoms with Gasteiger partial charge in [0.15, 0.2) is 11.5 Å². The molecule has 0 N–H and O–H groups in total. The number of halogens is 2. The van der Waals surface area contributed by atoms with Gasteiger partial charge in [0.05, 0.1) is 20.1 Å². The summed E-state index contributed by atoms with van der Waals surface area (Å²) < 4.78 is 16.3. The summed E-state index contributed by atoms with van der Waals surface area (Å²) in [4.78, 5) is 0. The minimum Gasteiger partial charge on any atom is -0.493 e. The summed E-state index contributed by atoms with van der Waals surface area (Å²) in [5.74, 6) is 2.44. The number of hydrogen-bond acceptors (Lipinski definition) is 3. The van der Waals surface area contributed by atoms with E-state index in [0.29, 0.717) is 29.0 Å². The molecule has 0 aliphatic carbocycles. The Kier molecular flexibility index (Phi) is 5.59. The zero-order valence-electron chi connectivity index (χ0n) is 11.9. The van der Waals surface area contributed by atoms with Gasteiger partial charge >= 0.3 is 0 Å². The van der Waals surface area contributed by atoms with Crippen molar-refractivity contribution in [1.82, 2.24) is 0 Å². The van der Waals surface area contributed by atoms with Crippen LogP contribution in [-0.2, 0) is 12.5 Å². The average molecular weight is 327 g/mol. The molecule has 0 atom stereocenters. The lowest BCUT2D eigenvalue weighted by molar-refractivity contribution is 0.301. The smallest absolute Gasteiger partial charge is 0.161 e. The van der Waals surface area contributed by atoms with Gasteiger partial charge < -0.3 is 14.2 Å². The number of ether oxygens (including phenoxy) is 3. The van der Waals surface area contributed by atoms with Crippen molar-refractivity contribution < 1.29 is 14.2 Å². The molecule has 2 aromatic carbocycles. The molecular weight excluding hydrogens is 311 g/mol. The predicted octanol–water partition coefficient (Wildman–Crippen LogP) is 4.68. The topological polar surface area (TPSA) is 27.7 Å². The van der Waals surface area contributed by atoms with E-state index in [1.54, 1.807) is 26.4 Å². The third-order valence-electron chi connectivity index (χ3n) is 3.01. The van der Waals surface area contributed by atoms with Crippen molar-refractivity contribution in [3.05, 3.63) is 52.5 Å². The van der Waals surface area contributed by atoms with Crippen molar-refractivity contribution in [2.75, 3.05) is 14.2 Å². The Morgan fingerprint density at radius 1 is 0.905 bits per heavy atom. The van der Waals surface area contributed by atoms with Crippen LogP contribution in [0.4, 0.5) is 0 Å². The molecule has 0 aromatic heterocycles. The fourth-order valence-corrected chi connectivity index (χ4v) is 2.33. The van der Waals surface area contributed by atoms with E-state index in [4.69, 9.17) is 37.4 Å². The second-order valence-electron chi connectivity index (χ2n) is 4.36. The third-order valence-corrected chi connectivity index (χ3v) is 3.53. The summed E-state index contributed by atoms with van der Waals surface area (Å²) in [7, 11) is 3.21. The SMILES string of the molecule is COc1ccc(COc2ccc(Cl)cc2CCl)cc1OC. The van der Waals surface area contributed by atoms with Gasteiger partial charge in [-0.3, -0.25) is 0 Å². The van der Waals surface area contributed by atoms with Crippen LogP contribution in [0.1, 0.15) is 11.1 Å². The van der Waals surface area contributed by atoms with Crippen LogP contribution in [0.2, 0.25) is 5.02 Å². The van der Waals surface area contributed by atoms with E-state index in [1.807, 2.05) is 24.3 Å². The highest BCUT2D eigenvalue weighted by atomic mass is 35.5. The van der Waals surface area contributed by atoms with Gasteiger partial charge in [0.1, 0.15) is 12.4 Å². The maximum atomic E-state index is 5.94. The molecule has 5 heteroatoms. The number of benzene rings is 2. The van der Waals surface area contributed by atoms with Gasteiger partial charge in [0, 0.05) is 10.6 Å². The summed E-state index contributed by atoms with van der Waals surface area (Å²) >= 11 is 11.8. The highest BCUT2D eigenvalue weighted by molar-refractivity contribution is 6.30. The molecule has 0 amide bonds. The first-order chi connectivity index (χ1) is 10.2. The summed E-state index contributed by atoms with van der Waals surface area (Å²) in [6, 6.07) is 11.1. The number of methoxy groups -OCH3 is 2. The molecule has 0 aliphatic heterocycles. The molecule has 0 heterocycles. The van der Waals surface area contributed by atoms with E-state index >= 15 is 0 Å². The van der Waals surface area contributed by atoms with Gasteiger partial charge in [-0.1, -0.05) is 17.7 Å². The maximum absolute atomic E-state index is 5.94. The standard InChI is InChI=1S/C16H16Cl2O3/c1-19-15-5-3-11(7-16(15)20-2)10-21-14-6-4-13(18)8-12(14)9-17/h3-8H,9-10H2,1-2H3. The molecule has 2 aromatic rings. The highest BCUT2D eigenvalue weighted by Crippen LogP contribution is 2.29. The van der Waals surface area contributed by atoms with Crippen molar-refractivity contribution in [1.29, 1.82) is 0 Å². The Morgan fingerprint density at radius 3 is 2.29 bits per heavy atom. The minimum absolute atomic E-state index is 0.349. The second kappa shape index (κ2) is 7.43. The van der Waals surface area contributed by atoms with Gasteiger partial charge in [-0.05, 0) is 35.9 Å². The molecule has 2 rings (SSSR count). The number of hydrogen-bond donors (Lipinski definition) is 0. The van der Waals surface area contributed by atoms with Crippen molar-refractivity contribution in [3.63, 3.8) is 0 Å². The van der Waals surface area contributed by atoms with E-state index < -0.39 is 0 Å². The van der Waals surface area contributed by atoms with Gasteiger partial charge in [-0.15, -0.1) is 11.6 Å². The van der Waals surface area contributed by atoms with Crippen LogP contribution in [0.3, 0.4) is 0 Å². The van der Waals surface area contributed by atoms with Crippen LogP contribution < -0.4 is 14.2 Å². The lowest BCUT2D eigenvalue weighted by Gasteiger charge is -2.12. The first kappa shape index (κ1) is 15.8. The first-order valence-electron chi connectivity index (χ1n) is 6.36.